The lowest BCUT2D eigenvalue weighted by Gasteiger charge is -2.10. The maximum Gasteiger partial charge on any atom is 0.263 e. The van der Waals surface area contributed by atoms with Gasteiger partial charge in [-0.15, -0.1) is 0 Å². The van der Waals surface area contributed by atoms with Crippen molar-refractivity contribution in [1.82, 2.24) is 4.98 Å². The Kier molecular flexibility index (Phi) is 3.49. The van der Waals surface area contributed by atoms with Gasteiger partial charge in [0.2, 0.25) is 0 Å². The topological polar surface area (TPSA) is 82.8 Å². The standard InChI is InChI=1S/C13H11N3O2S/c1-10-9-15-7-6-12(10)16-19(17,18)13-5-3-2-4-11(13)8-14/h2-7,9H,1H3,(H,15,16). The van der Waals surface area contributed by atoms with E-state index in [9.17, 15) is 8.42 Å². The van der Waals surface area contributed by atoms with Crippen LogP contribution in [0.2, 0.25) is 0 Å². The van der Waals surface area contributed by atoms with E-state index in [1.54, 1.807) is 31.3 Å². The Bertz CT molecular complexity index is 748. The number of aromatic nitrogens is 1. The quantitative estimate of drug-likeness (QED) is 0.927. The zero-order valence-corrected chi connectivity index (χ0v) is 11.0. The molecule has 0 saturated heterocycles. The van der Waals surface area contributed by atoms with Crippen LogP contribution in [0.3, 0.4) is 0 Å². The first kappa shape index (κ1) is 13.1. The molecule has 0 saturated carbocycles. The number of sulfonamides is 1. The second-order valence-electron chi connectivity index (χ2n) is 3.90. The molecule has 0 atom stereocenters. The number of nitrogens with zero attached hydrogens (tertiary/aromatic N) is 2. The van der Waals surface area contributed by atoms with Gasteiger partial charge in [0.25, 0.3) is 10.0 Å². The second kappa shape index (κ2) is 5.08. The Morgan fingerprint density at radius 3 is 2.68 bits per heavy atom. The van der Waals surface area contributed by atoms with Crippen LogP contribution >= 0.6 is 0 Å². The zero-order valence-electron chi connectivity index (χ0n) is 10.2. The minimum atomic E-state index is -3.78. The van der Waals surface area contributed by atoms with Crippen LogP contribution in [0.15, 0.2) is 47.6 Å². The molecule has 1 N–H and O–H groups in total. The van der Waals surface area contributed by atoms with Crippen LogP contribution < -0.4 is 4.72 Å². The summed E-state index contributed by atoms with van der Waals surface area (Å²) >= 11 is 0. The first-order valence-corrected chi connectivity index (χ1v) is 6.95. The molecule has 0 unspecified atom stereocenters. The summed E-state index contributed by atoms with van der Waals surface area (Å²) in [6.45, 7) is 1.75. The summed E-state index contributed by atoms with van der Waals surface area (Å²) in [5, 5.41) is 8.95. The molecule has 0 bridgehead atoms. The molecule has 0 aliphatic rings. The van der Waals surface area contributed by atoms with Crippen molar-refractivity contribution < 1.29 is 8.42 Å². The van der Waals surface area contributed by atoms with E-state index in [2.05, 4.69) is 9.71 Å². The summed E-state index contributed by atoms with van der Waals surface area (Å²) < 4.78 is 27.0. The van der Waals surface area contributed by atoms with Crippen LogP contribution in [-0.2, 0) is 10.0 Å². The van der Waals surface area contributed by atoms with E-state index in [4.69, 9.17) is 5.26 Å². The van der Waals surface area contributed by atoms with Gasteiger partial charge >= 0.3 is 0 Å². The highest BCUT2D eigenvalue weighted by Gasteiger charge is 2.18. The maximum atomic E-state index is 12.3. The molecule has 1 aromatic heterocycles. The van der Waals surface area contributed by atoms with Gasteiger partial charge in [-0.3, -0.25) is 9.71 Å². The van der Waals surface area contributed by atoms with Crippen LogP contribution in [0.25, 0.3) is 0 Å². The predicted octanol–water partition coefficient (Wildman–Crippen LogP) is 2.06. The van der Waals surface area contributed by atoms with Crippen molar-refractivity contribution >= 4 is 15.7 Å². The average molecular weight is 273 g/mol. The van der Waals surface area contributed by atoms with E-state index in [-0.39, 0.29) is 10.5 Å². The van der Waals surface area contributed by atoms with Gasteiger partial charge in [0, 0.05) is 12.4 Å². The highest BCUT2D eigenvalue weighted by atomic mass is 32.2. The Morgan fingerprint density at radius 2 is 2.00 bits per heavy atom. The van der Waals surface area contributed by atoms with Gasteiger partial charge in [-0.25, -0.2) is 8.42 Å². The Morgan fingerprint density at radius 1 is 1.26 bits per heavy atom. The molecule has 0 radical (unpaired) electrons. The molecule has 0 amide bonds. The summed E-state index contributed by atoms with van der Waals surface area (Å²) in [6, 6.07) is 9.51. The van der Waals surface area contributed by atoms with Crippen LogP contribution in [0, 0.1) is 18.3 Å². The fraction of sp³-hybridized carbons (Fsp3) is 0.0769. The van der Waals surface area contributed by atoms with Crippen LogP contribution in [0.1, 0.15) is 11.1 Å². The summed E-state index contributed by atoms with van der Waals surface area (Å²) in [5.41, 5.74) is 1.27. The third-order valence-electron chi connectivity index (χ3n) is 2.56. The monoisotopic (exact) mass is 273 g/mol. The van der Waals surface area contributed by atoms with Gasteiger partial charge in [-0.1, -0.05) is 12.1 Å². The molecule has 1 aromatic carbocycles. The lowest BCUT2D eigenvalue weighted by atomic mass is 10.2. The fourth-order valence-electron chi connectivity index (χ4n) is 1.58. The number of benzene rings is 1. The number of hydrogen-bond acceptors (Lipinski definition) is 4. The molecular formula is C13H11N3O2S. The van der Waals surface area contributed by atoms with Crippen molar-refractivity contribution in [3.63, 3.8) is 0 Å². The minimum absolute atomic E-state index is 0.0336. The molecular weight excluding hydrogens is 262 g/mol. The highest BCUT2D eigenvalue weighted by Crippen LogP contribution is 2.20. The first-order valence-electron chi connectivity index (χ1n) is 5.47. The number of anilines is 1. The number of rotatable bonds is 3. The molecule has 0 spiro atoms. The van der Waals surface area contributed by atoms with Crippen molar-refractivity contribution in [3.05, 3.63) is 53.9 Å². The third kappa shape index (κ3) is 2.72. The first-order chi connectivity index (χ1) is 9.04. The molecule has 19 heavy (non-hydrogen) atoms. The summed E-state index contributed by atoms with van der Waals surface area (Å²) in [7, 11) is -3.78. The van der Waals surface area contributed by atoms with E-state index >= 15 is 0 Å². The van der Waals surface area contributed by atoms with E-state index in [0.29, 0.717) is 11.3 Å². The Hall–Kier alpha value is -2.39. The van der Waals surface area contributed by atoms with E-state index < -0.39 is 10.0 Å². The van der Waals surface area contributed by atoms with Crippen molar-refractivity contribution in [2.75, 3.05) is 4.72 Å². The Balaban J connectivity index is 2.45. The number of pyridine rings is 1. The van der Waals surface area contributed by atoms with E-state index in [1.807, 2.05) is 6.07 Å². The van der Waals surface area contributed by atoms with Crippen molar-refractivity contribution in [2.45, 2.75) is 11.8 Å². The smallest absolute Gasteiger partial charge is 0.263 e. The van der Waals surface area contributed by atoms with Crippen LogP contribution in [0.4, 0.5) is 5.69 Å². The third-order valence-corrected chi connectivity index (χ3v) is 3.99. The van der Waals surface area contributed by atoms with E-state index in [1.165, 1.54) is 18.3 Å². The molecule has 0 aliphatic heterocycles. The van der Waals surface area contributed by atoms with Gasteiger partial charge < -0.3 is 0 Å². The second-order valence-corrected chi connectivity index (χ2v) is 5.55. The van der Waals surface area contributed by atoms with Gasteiger partial charge in [0.15, 0.2) is 0 Å². The normalized spacial score (nSPS) is 10.7. The summed E-state index contributed by atoms with van der Waals surface area (Å²) in [4.78, 5) is 3.86. The maximum absolute atomic E-state index is 12.3. The van der Waals surface area contributed by atoms with Gasteiger partial charge in [0.05, 0.1) is 11.3 Å². The number of hydrogen-bond donors (Lipinski definition) is 1. The Labute approximate surface area is 111 Å². The SMILES string of the molecule is Cc1cnccc1NS(=O)(=O)c1ccccc1C#N. The molecule has 6 heteroatoms. The molecule has 1 heterocycles. The average Bonchev–Trinajstić information content (AvgIpc) is 2.41. The highest BCUT2D eigenvalue weighted by molar-refractivity contribution is 7.92. The zero-order chi connectivity index (χ0) is 13.9. The van der Waals surface area contributed by atoms with Crippen LogP contribution in [0.5, 0.6) is 0 Å². The van der Waals surface area contributed by atoms with Gasteiger partial charge in [-0.2, -0.15) is 5.26 Å². The predicted molar refractivity (Wildman–Crippen MR) is 70.9 cm³/mol. The lowest BCUT2D eigenvalue weighted by Crippen LogP contribution is -2.15. The van der Waals surface area contributed by atoms with Crippen molar-refractivity contribution in [3.8, 4) is 6.07 Å². The largest absolute Gasteiger partial charge is 0.279 e. The minimum Gasteiger partial charge on any atom is -0.279 e. The summed E-state index contributed by atoms with van der Waals surface area (Å²) in [5.74, 6) is 0. The molecule has 0 fully saturated rings. The molecule has 2 aromatic rings. The van der Waals surface area contributed by atoms with Gasteiger partial charge in [0.1, 0.15) is 11.0 Å². The van der Waals surface area contributed by atoms with Gasteiger partial charge in [-0.05, 0) is 30.7 Å². The number of nitriles is 1. The number of nitrogens with one attached hydrogen (secondary N) is 1. The number of aryl methyl sites for hydroxylation is 1. The lowest BCUT2D eigenvalue weighted by molar-refractivity contribution is 0.601. The van der Waals surface area contributed by atoms with E-state index in [0.717, 1.165) is 0 Å². The fourth-order valence-corrected chi connectivity index (χ4v) is 2.87. The molecule has 2 rings (SSSR count). The molecule has 0 aliphatic carbocycles. The molecule has 96 valence electrons. The molecule has 5 nitrogen and oxygen atoms in total. The van der Waals surface area contributed by atoms with Crippen LogP contribution in [-0.4, -0.2) is 13.4 Å². The summed E-state index contributed by atoms with van der Waals surface area (Å²) in [6.07, 6.45) is 3.06. The van der Waals surface area contributed by atoms with Crippen molar-refractivity contribution in [1.29, 1.82) is 5.26 Å². The van der Waals surface area contributed by atoms with Crippen molar-refractivity contribution in [2.24, 2.45) is 0 Å².